The Kier molecular flexibility index (Phi) is 8.90. The summed E-state index contributed by atoms with van der Waals surface area (Å²) in [4.78, 5) is 30.0. The summed E-state index contributed by atoms with van der Waals surface area (Å²) in [5.74, 6) is 0.0249. The first-order valence-corrected chi connectivity index (χ1v) is 13.9. The van der Waals surface area contributed by atoms with Crippen LogP contribution in [0.3, 0.4) is 0 Å². The van der Waals surface area contributed by atoms with E-state index in [0.717, 1.165) is 0 Å². The molecule has 0 radical (unpaired) electrons. The maximum absolute atomic E-state index is 12.7. The number of benzene rings is 1. The lowest BCUT2D eigenvalue weighted by Crippen LogP contribution is -2.35. The van der Waals surface area contributed by atoms with Crippen molar-refractivity contribution in [1.29, 1.82) is 0 Å². The summed E-state index contributed by atoms with van der Waals surface area (Å²) < 4.78 is 30.9. The lowest BCUT2D eigenvalue weighted by atomic mass is 10.2. The molecule has 4 rings (SSSR count). The first kappa shape index (κ1) is 26.6. The molecular formula is C26H36N7O4P. The molecule has 11 nitrogen and oxygen atoms in total. The van der Waals surface area contributed by atoms with Crippen molar-refractivity contribution in [2.45, 2.75) is 78.5 Å². The third kappa shape index (κ3) is 6.35. The Balaban J connectivity index is 1.55. The van der Waals surface area contributed by atoms with Crippen molar-refractivity contribution in [3.8, 4) is 0 Å². The number of hydrogen-bond donors (Lipinski definition) is 1. The van der Waals surface area contributed by atoms with Gasteiger partial charge in [-0.3, -0.25) is 14.4 Å². The molecule has 1 aliphatic rings. The van der Waals surface area contributed by atoms with Gasteiger partial charge in [0.2, 0.25) is 0 Å². The zero-order valence-corrected chi connectivity index (χ0v) is 23.3. The zero-order chi connectivity index (χ0) is 27.9. The summed E-state index contributed by atoms with van der Waals surface area (Å²) in [5, 5.41) is 2.82. The van der Waals surface area contributed by atoms with Crippen molar-refractivity contribution in [3.63, 3.8) is 0 Å². The van der Waals surface area contributed by atoms with Gasteiger partial charge in [-0.2, -0.15) is 0 Å². The standard InChI is InChI=1S/C26H36N7O4P/c1-7-27-16-35-38(33(17(2)3)18(4)5)37-21-13-22(36-19(21)6)32-15-30-23-24(28-14-29-25(23)32)31-26(34)20-11-9-8-10-12-20/h8-12,14-19,21-22H,7,13H2,1-6H3,(H,28,29,31,34)/t19?,21-,22?,38?/m1/s1/i6D. The third-order valence-electron chi connectivity index (χ3n) is 5.98. The number of aromatic nitrogens is 4. The van der Waals surface area contributed by atoms with Crippen molar-refractivity contribution in [2.24, 2.45) is 4.99 Å². The van der Waals surface area contributed by atoms with Crippen LogP contribution >= 0.6 is 8.53 Å². The average molecular weight is 543 g/mol. The van der Waals surface area contributed by atoms with Crippen LogP contribution in [0.5, 0.6) is 0 Å². The number of carbonyl (C=O) groups excluding carboxylic acids is 1. The van der Waals surface area contributed by atoms with E-state index in [0.29, 0.717) is 35.5 Å². The summed E-state index contributed by atoms with van der Waals surface area (Å²) in [5.41, 5.74) is 1.48. The van der Waals surface area contributed by atoms with Gasteiger partial charge < -0.3 is 19.1 Å². The molecule has 0 bridgehead atoms. The number of ether oxygens (including phenoxy) is 1. The molecule has 0 aliphatic carbocycles. The van der Waals surface area contributed by atoms with Crippen LogP contribution < -0.4 is 5.32 Å². The topological polar surface area (TPSA) is 116 Å². The fourth-order valence-electron chi connectivity index (χ4n) is 4.28. The Hall–Kier alpha value is -2.98. The Bertz CT molecular complexity index is 1250. The first-order valence-electron chi connectivity index (χ1n) is 13.4. The van der Waals surface area contributed by atoms with Crippen molar-refractivity contribution >= 4 is 37.8 Å². The van der Waals surface area contributed by atoms with Gasteiger partial charge >= 0.3 is 8.53 Å². The molecule has 1 amide bonds. The maximum atomic E-state index is 12.7. The largest absolute Gasteiger partial charge is 0.425 e. The minimum Gasteiger partial charge on any atom is -0.425 e. The summed E-state index contributed by atoms with van der Waals surface area (Å²) in [6.45, 7) is 11.0. The monoisotopic (exact) mass is 542 g/mol. The van der Waals surface area contributed by atoms with Crippen LogP contribution in [0.4, 0.5) is 5.82 Å². The van der Waals surface area contributed by atoms with E-state index >= 15 is 0 Å². The molecule has 12 heteroatoms. The van der Waals surface area contributed by atoms with Gasteiger partial charge in [-0.25, -0.2) is 19.6 Å². The SMILES string of the molecule is [2H]CC1OC(n2cnc3c(NC(=O)c4ccccc4)ncnc32)C[C@H]1OP(OC=NCC)N(C(C)C)C(C)C. The third-order valence-corrected chi connectivity index (χ3v) is 8.01. The van der Waals surface area contributed by atoms with Crippen LogP contribution in [-0.4, -0.2) is 67.3 Å². The van der Waals surface area contributed by atoms with Gasteiger partial charge in [-0.15, -0.1) is 0 Å². The lowest BCUT2D eigenvalue weighted by molar-refractivity contribution is -0.00382. The highest BCUT2D eigenvalue weighted by molar-refractivity contribution is 7.45. The van der Waals surface area contributed by atoms with Crippen LogP contribution in [-0.2, 0) is 13.8 Å². The first-order chi connectivity index (χ1) is 18.8. The van der Waals surface area contributed by atoms with E-state index in [1.165, 1.54) is 12.7 Å². The molecule has 3 heterocycles. The van der Waals surface area contributed by atoms with Crippen LogP contribution in [0.2, 0.25) is 0 Å². The van der Waals surface area contributed by atoms with Crippen molar-refractivity contribution in [3.05, 3.63) is 48.5 Å². The van der Waals surface area contributed by atoms with E-state index in [1.54, 1.807) is 35.2 Å². The van der Waals surface area contributed by atoms with Crippen molar-refractivity contribution < 1.29 is 19.9 Å². The van der Waals surface area contributed by atoms with E-state index in [-0.39, 0.29) is 31.0 Å². The predicted octanol–water partition coefficient (Wildman–Crippen LogP) is 5.18. The fraction of sp³-hybridized carbons (Fsp3) is 0.500. The average Bonchev–Trinajstić information content (AvgIpc) is 3.53. The summed E-state index contributed by atoms with van der Waals surface area (Å²) >= 11 is 0. The number of carbonyl (C=O) groups is 1. The van der Waals surface area contributed by atoms with Gasteiger partial charge in [0.25, 0.3) is 5.91 Å². The Morgan fingerprint density at radius 1 is 1.29 bits per heavy atom. The molecule has 1 saturated heterocycles. The molecule has 1 fully saturated rings. The second-order valence-corrected chi connectivity index (χ2v) is 10.7. The van der Waals surface area contributed by atoms with Crippen molar-refractivity contribution in [2.75, 3.05) is 11.9 Å². The lowest BCUT2D eigenvalue weighted by Gasteiger charge is -2.36. The number of hydrogen-bond acceptors (Lipinski definition) is 9. The molecule has 2 aromatic heterocycles. The number of anilines is 1. The molecule has 0 saturated carbocycles. The number of amides is 1. The molecule has 1 aromatic carbocycles. The summed E-state index contributed by atoms with van der Waals surface area (Å²) in [7, 11) is -1.48. The molecule has 3 aromatic rings. The Morgan fingerprint density at radius 2 is 2.05 bits per heavy atom. The molecular weight excluding hydrogens is 505 g/mol. The smallest absolute Gasteiger partial charge is 0.322 e. The maximum Gasteiger partial charge on any atom is 0.322 e. The zero-order valence-electron chi connectivity index (χ0n) is 23.4. The number of rotatable bonds is 11. The minimum absolute atomic E-state index is 0.0245. The van der Waals surface area contributed by atoms with Crippen LogP contribution in [0.1, 0.15) is 65.9 Å². The van der Waals surface area contributed by atoms with Gasteiger partial charge in [0.05, 0.1) is 18.5 Å². The van der Waals surface area contributed by atoms with Gasteiger partial charge in [0, 0.05) is 32.0 Å². The highest BCUT2D eigenvalue weighted by atomic mass is 31.2. The number of fused-ring (bicyclic) bond motifs is 1. The van der Waals surface area contributed by atoms with Gasteiger partial charge in [0.1, 0.15) is 12.6 Å². The number of imidazole rings is 1. The minimum atomic E-state index is -1.48. The van der Waals surface area contributed by atoms with Crippen LogP contribution in [0, 0.1) is 0 Å². The fourth-order valence-corrected chi connectivity index (χ4v) is 5.90. The Morgan fingerprint density at radius 3 is 2.74 bits per heavy atom. The number of aliphatic imine (C=N–C) groups is 1. The van der Waals surface area contributed by atoms with E-state index < -0.39 is 20.9 Å². The van der Waals surface area contributed by atoms with E-state index in [1.807, 2.05) is 13.0 Å². The van der Waals surface area contributed by atoms with E-state index in [9.17, 15) is 4.79 Å². The molecule has 204 valence electrons. The van der Waals surface area contributed by atoms with Crippen LogP contribution in [0.15, 0.2) is 48.0 Å². The number of nitrogens with one attached hydrogen (secondary N) is 1. The van der Waals surface area contributed by atoms with E-state index in [4.69, 9.17) is 15.2 Å². The van der Waals surface area contributed by atoms with Gasteiger partial charge in [0.15, 0.2) is 23.4 Å². The molecule has 1 N–H and O–H groups in total. The second-order valence-electron chi connectivity index (χ2n) is 9.39. The molecule has 38 heavy (non-hydrogen) atoms. The highest BCUT2D eigenvalue weighted by Crippen LogP contribution is 2.49. The number of nitrogens with zero attached hydrogens (tertiary/aromatic N) is 6. The molecule has 3 unspecified atom stereocenters. The highest BCUT2D eigenvalue weighted by Gasteiger charge is 2.40. The van der Waals surface area contributed by atoms with Gasteiger partial charge in [-0.05, 0) is 53.7 Å². The Labute approximate surface area is 226 Å². The van der Waals surface area contributed by atoms with Crippen LogP contribution in [0.25, 0.3) is 11.2 Å². The molecule has 1 aliphatic heterocycles. The van der Waals surface area contributed by atoms with Gasteiger partial charge in [-0.1, -0.05) is 18.2 Å². The second kappa shape index (κ2) is 12.7. The summed E-state index contributed by atoms with van der Waals surface area (Å²) in [6.07, 6.45) is 3.62. The molecule has 4 atom stereocenters. The predicted molar refractivity (Wildman–Crippen MR) is 148 cm³/mol. The summed E-state index contributed by atoms with van der Waals surface area (Å²) in [6, 6.07) is 9.26. The quantitative estimate of drug-likeness (QED) is 0.200. The van der Waals surface area contributed by atoms with Crippen molar-refractivity contribution in [1.82, 2.24) is 24.2 Å². The normalized spacial score (nSPS) is 21.1. The molecule has 0 spiro atoms. The van der Waals surface area contributed by atoms with E-state index in [2.05, 4.69) is 57.6 Å².